The Morgan fingerprint density at radius 1 is 1.32 bits per heavy atom. The molecule has 0 N–H and O–H groups in total. The van der Waals surface area contributed by atoms with Gasteiger partial charge in [-0.25, -0.2) is 4.98 Å². The van der Waals surface area contributed by atoms with Gasteiger partial charge in [-0.15, -0.1) is 11.3 Å². The molecule has 0 spiro atoms. The molecule has 0 fully saturated rings. The van der Waals surface area contributed by atoms with Crippen LogP contribution in [0, 0.1) is 6.92 Å². The Hall–Kier alpha value is -1.48. The average molecular weight is 271 g/mol. The number of aromatic nitrogens is 1. The van der Waals surface area contributed by atoms with Crippen LogP contribution >= 0.6 is 11.3 Å². The fraction of sp³-hybridized carbons (Fsp3) is 0.375. The Labute approximate surface area is 117 Å². The van der Waals surface area contributed by atoms with Gasteiger partial charge in [-0.1, -0.05) is 31.5 Å². The molecule has 1 aromatic heterocycles. The van der Waals surface area contributed by atoms with Gasteiger partial charge in [0.05, 0.1) is 5.01 Å². The lowest BCUT2D eigenvalue weighted by Crippen LogP contribution is -2.05. The smallest absolute Gasteiger partial charge is 0.212 e. The Kier molecular flexibility index (Phi) is 3.23. The van der Waals surface area contributed by atoms with E-state index >= 15 is 0 Å². The highest BCUT2D eigenvalue weighted by atomic mass is 32.1. The molecule has 1 aromatic carbocycles. The Morgan fingerprint density at radius 3 is 2.95 bits per heavy atom. The summed E-state index contributed by atoms with van der Waals surface area (Å²) >= 11 is 1.66. The van der Waals surface area contributed by atoms with Crippen molar-refractivity contribution in [1.29, 1.82) is 0 Å². The third-order valence-electron chi connectivity index (χ3n) is 3.59. The molecule has 3 rings (SSSR count). The standard InChI is InChI=1S/C16H17NOS/c1-3-4-11-5-7-13-12(9-11)6-8-14-15(16(13)18)17-10(2)19-14/h5,7,9H,3-4,6,8H2,1-2H3. The van der Waals surface area contributed by atoms with Crippen molar-refractivity contribution >= 4 is 17.1 Å². The van der Waals surface area contributed by atoms with Crippen molar-refractivity contribution in [3.8, 4) is 0 Å². The Balaban J connectivity index is 2.06. The summed E-state index contributed by atoms with van der Waals surface area (Å²) in [6.45, 7) is 4.15. The molecular formula is C16H17NOS. The number of nitrogens with zero attached hydrogens (tertiary/aromatic N) is 1. The van der Waals surface area contributed by atoms with E-state index in [9.17, 15) is 4.79 Å². The summed E-state index contributed by atoms with van der Waals surface area (Å²) in [4.78, 5) is 18.1. The molecule has 1 aliphatic rings. The van der Waals surface area contributed by atoms with Crippen LogP contribution in [-0.4, -0.2) is 10.8 Å². The van der Waals surface area contributed by atoms with Crippen molar-refractivity contribution < 1.29 is 4.79 Å². The molecule has 19 heavy (non-hydrogen) atoms. The fourth-order valence-electron chi connectivity index (χ4n) is 2.71. The van der Waals surface area contributed by atoms with Crippen LogP contribution in [-0.2, 0) is 19.3 Å². The van der Waals surface area contributed by atoms with Crippen LogP contribution in [0.3, 0.4) is 0 Å². The van der Waals surface area contributed by atoms with Crippen LogP contribution in [0.15, 0.2) is 18.2 Å². The predicted octanol–water partition coefficient (Wildman–Crippen LogP) is 3.73. The number of fused-ring (bicyclic) bond motifs is 2. The SMILES string of the molecule is CCCc1ccc2c(c1)CCc1sc(C)nc1C2=O. The second-order valence-electron chi connectivity index (χ2n) is 5.08. The van der Waals surface area contributed by atoms with Gasteiger partial charge >= 0.3 is 0 Å². The molecular weight excluding hydrogens is 254 g/mol. The maximum atomic E-state index is 12.6. The third kappa shape index (κ3) is 2.23. The van der Waals surface area contributed by atoms with Crippen molar-refractivity contribution in [3.63, 3.8) is 0 Å². The second kappa shape index (κ2) is 4.89. The molecule has 1 aliphatic carbocycles. The zero-order valence-corrected chi connectivity index (χ0v) is 12.1. The van der Waals surface area contributed by atoms with Gasteiger partial charge < -0.3 is 0 Å². The molecule has 98 valence electrons. The van der Waals surface area contributed by atoms with Gasteiger partial charge in [-0.2, -0.15) is 0 Å². The van der Waals surface area contributed by atoms with Gasteiger partial charge in [0.25, 0.3) is 0 Å². The lowest BCUT2D eigenvalue weighted by atomic mass is 9.97. The molecule has 0 aliphatic heterocycles. The van der Waals surface area contributed by atoms with E-state index in [0.29, 0.717) is 5.69 Å². The first kappa shape index (κ1) is 12.5. The fourth-order valence-corrected chi connectivity index (χ4v) is 3.64. The molecule has 0 saturated heterocycles. The van der Waals surface area contributed by atoms with Crippen molar-refractivity contribution in [2.45, 2.75) is 39.5 Å². The van der Waals surface area contributed by atoms with Crippen molar-refractivity contribution in [2.24, 2.45) is 0 Å². The van der Waals surface area contributed by atoms with E-state index in [-0.39, 0.29) is 5.78 Å². The minimum Gasteiger partial charge on any atom is -0.287 e. The quantitative estimate of drug-likeness (QED) is 0.833. The topological polar surface area (TPSA) is 30.0 Å². The molecule has 0 atom stereocenters. The zero-order chi connectivity index (χ0) is 13.4. The van der Waals surface area contributed by atoms with Crippen molar-refractivity contribution in [2.75, 3.05) is 0 Å². The van der Waals surface area contributed by atoms with Crippen LogP contribution in [0.25, 0.3) is 0 Å². The first-order chi connectivity index (χ1) is 9.19. The van der Waals surface area contributed by atoms with E-state index in [1.54, 1.807) is 11.3 Å². The van der Waals surface area contributed by atoms with E-state index in [0.717, 1.165) is 41.1 Å². The molecule has 0 bridgehead atoms. The number of hydrogen-bond acceptors (Lipinski definition) is 3. The number of aryl methyl sites for hydroxylation is 4. The van der Waals surface area contributed by atoms with Crippen LogP contribution in [0.1, 0.15) is 50.4 Å². The first-order valence-corrected chi connectivity index (χ1v) is 7.63. The van der Waals surface area contributed by atoms with E-state index in [1.807, 2.05) is 13.0 Å². The minimum absolute atomic E-state index is 0.106. The third-order valence-corrected chi connectivity index (χ3v) is 4.62. The van der Waals surface area contributed by atoms with E-state index < -0.39 is 0 Å². The predicted molar refractivity (Wildman–Crippen MR) is 78.1 cm³/mol. The zero-order valence-electron chi connectivity index (χ0n) is 11.3. The Morgan fingerprint density at radius 2 is 2.16 bits per heavy atom. The molecule has 0 saturated carbocycles. The van der Waals surface area contributed by atoms with Crippen molar-refractivity contribution in [3.05, 3.63) is 50.5 Å². The summed E-state index contributed by atoms with van der Waals surface area (Å²) in [5.74, 6) is 0.106. The number of carbonyl (C=O) groups excluding carboxylic acids is 1. The van der Waals surface area contributed by atoms with Crippen LogP contribution in [0.5, 0.6) is 0 Å². The number of rotatable bonds is 2. The van der Waals surface area contributed by atoms with Gasteiger partial charge in [-0.05, 0) is 37.3 Å². The number of ketones is 1. The van der Waals surface area contributed by atoms with E-state index in [1.165, 1.54) is 11.1 Å². The normalized spacial score (nSPS) is 13.9. The first-order valence-electron chi connectivity index (χ1n) is 6.82. The van der Waals surface area contributed by atoms with E-state index in [4.69, 9.17) is 0 Å². The van der Waals surface area contributed by atoms with Gasteiger partial charge in [0.15, 0.2) is 0 Å². The number of carbonyl (C=O) groups is 1. The van der Waals surface area contributed by atoms with Crippen LogP contribution in [0.4, 0.5) is 0 Å². The monoisotopic (exact) mass is 271 g/mol. The van der Waals surface area contributed by atoms with Crippen LogP contribution < -0.4 is 0 Å². The summed E-state index contributed by atoms with van der Waals surface area (Å²) in [6, 6.07) is 6.29. The number of benzene rings is 1. The summed E-state index contributed by atoms with van der Waals surface area (Å²) in [6.07, 6.45) is 4.11. The molecule has 0 amide bonds. The highest BCUT2D eigenvalue weighted by Gasteiger charge is 2.24. The summed E-state index contributed by atoms with van der Waals surface area (Å²) in [5.41, 5.74) is 4.07. The molecule has 2 nitrogen and oxygen atoms in total. The van der Waals surface area contributed by atoms with Gasteiger partial charge in [0, 0.05) is 10.4 Å². The minimum atomic E-state index is 0.106. The summed E-state index contributed by atoms with van der Waals surface area (Å²) in [7, 11) is 0. The molecule has 1 heterocycles. The molecule has 3 heteroatoms. The number of hydrogen-bond donors (Lipinski definition) is 0. The maximum Gasteiger partial charge on any atom is 0.212 e. The van der Waals surface area contributed by atoms with E-state index in [2.05, 4.69) is 24.0 Å². The largest absolute Gasteiger partial charge is 0.287 e. The molecule has 0 unspecified atom stereocenters. The summed E-state index contributed by atoms with van der Waals surface area (Å²) in [5, 5.41) is 0.990. The maximum absolute atomic E-state index is 12.6. The lowest BCUT2D eigenvalue weighted by molar-refractivity contribution is 0.103. The summed E-state index contributed by atoms with van der Waals surface area (Å²) < 4.78 is 0. The van der Waals surface area contributed by atoms with Crippen molar-refractivity contribution in [1.82, 2.24) is 4.98 Å². The van der Waals surface area contributed by atoms with Gasteiger partial charge in [0.2, 0.25) is 5.78 Å². The highest BCUT2D eigenvalue weighted by molar-refractivity contribution is 7.11. The second-order valence-corrected chi connectivity index (χ2v) is 6.36. The average Bonchev–Trinajstić information content (AvgIpc) is 2.72. The Bertz CT molecular complexity index is 642. The number of thiazole rings is 1. The highest BCUT2D eigenvalue weighted by Crippen LogP contribution is 2.28. The lowest BCUT2D eigenvalue weighted by Gasteiger charge is -2.07. The van der Waals surface area contributed by atoms with Gasteiger partial charge in [-0.3, -0.25) is 4.79 Å². The molecule has 0 radical (unpaired) electrons. The molecule has 2 aromatic rings. The van der Waals surface area contributed by atoms with Gasteiger partial charge in [0.1, 0.15) is 5.69 Å². The van der Waals surface area contributed by atoms with Crippen LogP contribution in [0.2, 0.25) is 0 Å².